The maximum absolute atomic E-state index is 12.5. The van der Waals surface area contributed by atoms with E-state index in [9.17, 15) is 4.79 Å². The van der Waals surface area contributed by atoms with Crippen molar-refractivity contribution in [3.05, 3.63) is 59.3 Å². The van der Waals surface area contributed by atoms with E-state index in [1.165, 1.54) is 5.56 Å². The van der Waals surface area contributed by atoms with E-state index in [2.05, 4.69) is 44.6 Å². The van der Waals surface area contributed by atoms with Crippen LogP contribution in [0.15, 0.2) is 52.4 Å². The highest BCUT2D eigenvalue weighted by molar-refractivity contribution is 7.98. The van der Waals surface area contributed by atoms with Gasteiger partial charge in [-0.3, -0.25) is 9.69 Å². The van der Waals surface area contributed by atoms with Gasteiger partial charge < -0.3 is 9.84 Å². The Morgan fingerprint density at radius 3 is 2.81 bits per heavy atom. The second-order valence-electron chi connectivity index (χ2n) is 7.72. The predicted molar refractivity (Wildman–Crippen MR) is 126 cm³/mol. The Bertz CT molecular complexity index is 922. The standard InChI is InChI=1S/C23H28N4O2S2/c28-23(24-11-5-14-30-17-18-6-2-1-3-7-18)19-9-12-27(13-10-19)16-21-25-22(26-29-21)20-8-4-15-31-20/h1-4,6-8,15,19H,5,9-14,16-17H2,(H,24,28). The SMILES string of the molecule is O=C(NCCCSCc1ccccc1)C1CCN(Cc2nc(-c3cccs3)no2)CC1. The van der Waals surface area contributed by atoms with Gasteiger partial charge in [-0.25, -0.2) is 0 Å². The van der Waals surface area contributed by atoms with Crippen LogP contribution in [0, 0.1) is 5.92 Å². The van der Waals surface area contributed by atoms with Gasteiger partial charge in [0, 0.05) is 18.2 Å². The second kappa shape index (κ2) is 11.5. The summed E-state index contributed by atoms with van der Waals surface area (Å²) in [6.07, 6.45) is 2.76. The molecular weight excluding hydrogens is 428 g/mol. The van der Waals surface area contributed by atoms with Gasteiger partial charge >= 0.3 is 0 Å². The summed E-state index contributed by atoms with van der Waals surface area (Å²) in [4.78, 5) is 20.3. The lowest BCUT2D eigenvalue weighted by molar-refractivity contribution is -0.126. The number of thioether (sulfide) groups is 1. The summed E-state index contributed by atoms with van der Waals surface area (Å²) >= 11 is 3.52. The average Bonchev–Trinajstić information content (AvgIpc) is 3.49. The van der Waals surface area contributed by atoms with Crippen LogP contribution >= 0.6 is 23.1 Å². The molecule has 0 radical (unpaired) electrons. The minimum absolute atomic E-state index is 0.109. The third-order valence-electron chi connectivity index (χ3n) is 5.40. The zero-order valence-corrected chi connectivity index (χ0v) is 19.2. The molecule has 8 heteroatoms. The molecule has 6 nitrogen and oxygen atoms in total. The molecule has 0 bridgehead atoms. The van der Waals surface area contributed by atoms with E-state index in [4.69, 9.17) is 4.52 Å². The van der Waals surface area contributed by atoms with Crippen LogP contribution in [0.5, 0.6) is 0 Å². The van der Waals surface area contributed by atoms with Gasteiger partial charge in [0.25, 0.3) is 0 Å². The molecule has 1 saturated heterocycles. The van der Waals surface area contributed by atoms with E-state index >= 15 is 0 Å². The number of likely N-dealkylation sites (tertiary alicyclic amines) is 1. The number of nitrogens with zero attached hydrogens (tertiary/aromatic N) is 3. The van der Waals surface area contributed by atoms with E-state index in [0.29, 0.717) is 18.3 Å². The molecule has 0 atom stereocenters. The number of hydrogen-bond donors (Lipinski definition) is 1. The lowest BCUT2D eigenvalue weighted by atomic mass is 9.96. The molecule has 1 aromatic carbocycles. The van der Waals surface area contributed by atoms with Gasteiger partial charge in [-0.2, -0.15) is 16.7 Å². The summed E-state index contributed by atoms with van der Waals surface area (Å²) in [6, 6.07) is 14.5. The van der Waals surface area contributed by atoms with Crippen LogP contribution in [-0.2, 0) is 17.1 Å². The number of amides is 1. The molecule has 1 fully saturated rings. The number of nitrogens with one attached hydrogen (secondary N) is 1. The molecule has 3 heterocycles. The van der Waals surface area contributed by atoms with Crippen LogP contribution in [0.1, 0.15) is 30.7 Å². The summed E-state index contributed by atoms with van der Waals surface area (Å²) in [5, 5.41) is 9.20. The van der Waals surface area contributed by atoms with Gasteiger partial charge in [-0.1, -0.05) is 41.6 Å². The Morgan fingerprint density at radius 2 is 2.03 bits per heavy atom. The van der Waals surface area contributed by atoms with Crippen molar-refractivity contribution in [1.29, 1.82) is 0 Å². The lowest BCUT2D eigenvalue weighted by Crippen LogP contribution is -2.40. The first-order chi connectivity index (χ1) is 15.3. The first-order valence-electron chi connectivity index (χ1n) is 10.8. The Hall–Kier alpha value is -2.16. The maximum atomic E-state index is 12.5. The zero-order valence-electron chi connectivity index (χ0n) is 17.5. The van der Waals surface area contributed by atoms with E-state index in [1.54, 1.807) is 11.3 Å². The number of rotatable bonds is 10. The van der Waals surface area contributed by atoms with E-state index in [0.717, 1.165) is 55.3 Å². The summed E-state index contributed by atoms with van der Waals surface area (Å²) in [5.41, 5.74) is 1.35. The highest BCUT2D eigenvalue weighted by Crippen LogP contribution is 2.23. The normalized spacial score (nSPS) is 15.2. The first-order valence-corrected chi connectivity index (χ1v) is 12.8. The van der Waals surface area contributed by atoms with Crippen molar-refractivity contribution >= 4 is 29.0 Å². The number of hydrogen-bond acceptors (Lipinski definition) is 7. The van der Waals surface area contributed by atoms with Crippen LogP contribution in [-0.4, -0.2) is 46.3 Å². The third-order valence-corrected chi connectivity index (χ3v) is 7.38. The van der Waals surface area contributed by atoms with Crippen molar-refractivity contribution in [1.82, 2.24) is 20.4 Å². The minimum Gasteiger partial charge on any atom is -0.356 e. The molecule has 0 saturated carbocycles. The Kier molecular flexibility index (Phi) is 8.15. The van der Waals surface area contributed by atoms with Crippen LogP contribution < -0.4 is 5.32 Å². The van der Waals surface area contributed by atoms with Crippen molar-refractivity contribution in [2.45, 2.75) is 31.6 Å². The molecule has 1 aliphatic rings. The Labute approximate surface area is 191 Å². The molecule has 0 spiro atoms. The number of carbonyl (C=O) groups excluding carboxylic acids is 1. The van der Waals surface area contributed by atoms with Gasteiger partial charge in [0.05, 0.1) is 11.4 Å². The van der Waals surface area contributed by atoms with Gasteiger partial charge in [0.1, 0.15) is 0 Å². The Morgan fingerprint density at radius 1 is 1.19 bits per heavy atom. The number of aromatic nitrogens is 2. The number of carbonyl (C=O) groups is 1. The van der Waals surface area contributed by atoms with E-state index in [1.807, 2.05) is 35.3 Å². The Balaban J connectivity index is 1.09. The lowest BCUT2D eigenvalue weighted by Gasteiger charge is -2.30. The fourth-order valence-corrected chi connectivity index (χ4v) is 5.23. The molecular formula is C23H28N4O2S2. The molecule has 3 aromatic rings. The van der Waals surface area contributed by atoms with Crippen molar-refractivity contribution in [3.8, 4) is 10.7 Å². The molecule has 31 heavy (non-hydrogen) atoms. The van der Waals surface area contributed by atoms with Crippen molar-refractivity contribution in [3.63, 3.8) is 0 Å². The molecule has 1 aliphatic heterocycles. The smallest absolute Gasteiger partial charge is 0.241 e. The topological polar surface area (TPSA) is 71.3 Å². The van der Waals surface area contributed by atoms with Crippen molar-refractivity contribution in [2.24, 2.45) is 5.92 Å². The van der Waals surface area contributed by atoms with Gasteiger partial charge in [-0.15, -0.1) is 11.3 Å². The average molecular weight is 457 g/mol. The fraction of sp³-hybridized carbons (Fsp3) is 0.435. The van der Waals surface area contributed by atoms with Gasteiger partial charge in [0.15, 0.2) is 0 Å². The highest BCUT2D eigenvalue weighted by Gasteiger charge is 2.25. The van der Waals surface area contributed by atoms with Crippen LogP contribution in [0.2, 0.25) is 0 Å². The predicted octanol–water partition coefficient (Wildman–Crippen LogP) is 4.45. The number of benzene rings is 1. The molecule has 164 valence electrons. The maximum Gasteiger partial charge on any atom is 0.241 e. The monoisotopic (exact) mass is 456 g/mol. The quantitative estimate of drug-likeness (QED) is 0.455. The summed E-state index contributed by atoms with van der Waals surface area (Å²) in [7, 11) is 0. The van der Waals surface area contributed by atoms with Gasteiger partial charge in [-0.05, 0) is 55.1 Å². The summed E-state index contributed by atoms with van der Waals surface area (Å²) < 4.78 is 5.40. The minimum atomic E-state index is 0.109. The molecule has 0 aliphatic carbocycles. The first kappa shape index (κ1) is 22.0. The van der Waals surface area contributed by atoms with Crippen LogP contribution in [0.4, 0.5) is 0 Å². The number of thiophene rings is 1. The zero-order chi connectivity index (χ0) is 21.3. The second-order valence-corrected chi connectivity index (χ2v) is 9.78. The fourth-order valence-electron chi connectivity index (χ4n) is 3.66. The van der Waals surface area contributed by atoms with Crippen molar-refractivity contribution < 1.29 is 9.32 Å². The van der Waals surface area contributed by atoms with Crippen LogP contribution in [0.3, 0.4) is 0 Å². The molecule has 4 rings (SSSR count). The number of piperidine rings is 1. The largest absolute Gasteiger partial charge is 0.356 e. The van der Waals surface area contributed by atoms with E-state index in [-0.39, 0.29) is 11.8 Å². The third kappa shape index (κ3) is 6.66. The molecule has 1 N–H and O–H groups in total. The van der Waals surface area contributed by atoms with Crippen LogP contribution in [0.25, 0.3) is 10.7 Å². The highest BCUT2D eigenvalue weighted by atomic mass is 32.2. The molecule has 2 aromatic heterocycles. The van der Waals surface area contributed by atoms with Gasteiger partial charge in [0.2, 0.25) is 17.6 Å². The van der Waals surface area contributed by atoms with E-state index < -0.39 is 0 Å². The molecule has 1 amide bonds. The summed E-state index contributed by atoms with van der Waals surface area (Å²) in [6.45, 7) is 3.16. The van der Waals surface area contributed by atoms with Crippen molar-refractivity contribution in [2.75, 3.05) is 25.4 Å². The molecule has 0 unspecified atom stereocenters. The summed E-state index contributed by atoms with van der Waals surface area (Å²) in [5.74, 6) is 3.69.